The predicted octanol–water partition coefficient (Wildman–Crippen LogP) is 1.20. The number of likely N-dealkylation sites (N-methyl/N-ethyl adjacent to an activating group) is 1. The van der Waals surface area contributed by atoms with Gasteiger partial charge in [0.05, 0.1) is 0 Å². The van der Waals surface area contributed by atoms with Gasteiger partial charge >= 0.3 is 0 Å². The second kappa shape index (κ2) is 3.77. The Bertz CT molecular complexity index is 142. The van der Waals surface area contributed by atoms with Crippen molar-refractivity contribution in [3.8, 4) is 0 Å². The SMILES string of the molecule is C=C(CNC)N1CCCC1C. The molecule has 11 heavy (non-hydrogen) atoms. The van der Waals surface area contributed by atoms with Crippen LogP contribution in [0.5, 0.6) is 0 Å². The summed E-state index contributed by atoms with van der Waals surface area (Å²) in [5.41, 5.74) is 1.23. The number of hydrogen-bond acceptors (Lipinski definition) is 2. The Morgan fingerprint density at radius 3 is 2.91 bits per heavy atom. The molecule has 1 aliphatic rings. The van der Waals surface area contributed by atoms with Crippen LogP contribution in [0.2, 0.25) is 0 Å². The minimum absolute atomic E-state index is 0.704. The van der Waals surface area contributed by atoms with Gasteiger partial charge in [0, 0.05) is 24.8 Å². The van der Waals surface area contributed by atoms with Gasteiger partial charge in [0.15, 0.2) is 0 Å². The lowest BCUT2D eigenvalue weighted by atomic mass is 10.2. The number of nitrogens with one attached hydrogen (secondary N) is 1. The highest BCUT2D eigenvalue weighted by molar-refractivity contribution is 5.00. The van der Waals surface area contributed by atoms with E-state index in [1.54, 1.807) is 0 Å². The quantitative estimate of drug-likeness (QED) is 0.657. The first kappa shape index (κ1) is 8.60. The fourth-order valence-electron chi connectivity index (χ4n) is 1.71. The van der Waals surface area contributed by atoms with Gasteiger partial charge in [-0.1, -0.05) is 6.58 Å². The molecule has 0 aromatic rings. The second-order valence-corrected chi connectivity index (χ2v) is 3.28. The van der Waals surface area contributed by atoms with Crippen molar-refractivity contribution in [3.05, 3.63) is 12.3 Å². The van der Waals surface area contributed by atoms with Crippen LogP contribution in [-0.2, 0) is 0 Å². The van der Waals surface area contributed by atoms with E-state index >= 15 is 0 Å². The Morgan fingerprint density at radius 1 is 1.73 bits per heavy atom. The van der Waals surface area contributed by atoms with Crippen LogP contribution in [0.15, 0.2) is 12.3 Å². The molecule has 1 rings (SSSR count). The molecule has 0 amide bonds. The molecule has 64 valence electrons. The van der Waals surface area contributed by atoms with E-state index in [1.165, 1.54) is 25.1 Å². The predicted molar refractivity (Wildman–Crippen MR) is 48.5 cm³/mol. The average molecular weight is 154 g/mol. The summed E-state index contributed by atoms with van der Waals surface area (Å²) in [6.07, 6.45) is 2.65. The van der Waals surface area contributed by atoms with Crippen LogP contribution in [-0.4, -0.2) is 31.1 Å². The van der Waals surface area contributed by atoms with Gasteiger partial charge in [-0.25, -0.2) is 0 Å². The van der Waals surface area contributed by atoms with Crippen LogP contribution in [0.1, 0.15) is 19.8 Å². The first-order valence-corrected chi connectivity index (χ1v) is 4.34. The van der Waals surface area contributed by atoms with Gasteiger partial charge in [-0.2, -0.15) is 0 Å². The molecule has 1 fully saturated rings. The maximum atomic E-state index is 4.04. The molecular formula is C9H18N2. The number of hydrogen-bond donors (Lipinski definition) is 1. The molecule has 0 aromatic carbocycles. The van der Waals surface area contributed by atoms with Crippen LogP contribution < -0.4 is 5.32 Å². The molecule has 0 bridgehead atoms. The Hall–Kier alpha value is -0.500. The summed E-state index contributed by atoms with van der Waals surface area (Å²) in [4.78, 5) is 2.40. The van der Waals surface area contributed by atoms with E-state index in [0.717, 1.165) is 6.54 Å². The van der Waals surface area contributed by atoms with Crippen LogP contribution in [0.3, 0.4) is 0 Å². The molecule has 2 heteroatoms. The zero-order chi connectivity index (χ0) is 8.27. The Balaban J connectivity index is 2.39. The lowest BCUT2D eigenvalue weighted by Gasteiger charge is -2.25. The summed E-state index contributed by atoms with van der Waals surface area (Å²) in [7, 11) is 1.96. The third-order valence-electron chi connectivity index (χ3n) is 2.34. The van der Waals surface area contributed by atoms with Crippen molar-refractivity contribution in [1.29, 1.82) is 0 Å². The summed E-state index contributed by atoms with van der Waals surface area (Å²) < 4.78 is 0. The van der Waals surface area contributed by atoms with E-state index in [4.69, 9.17) is 0 Å². The Labute approximate surface area is 69.3 Å². The van der Waals surface area contributed by atoms with Crippen molar-refractivity contribution in [2.45, 2.75) is 25.8 Å². The Morgan fingerprint density at radius 2 is 2.45 bits per heavy atom. The lowest BCUT2D eigenvalue weighted by molar-refractivity contribution is 0.333. The maximum Gasteiger partial charge on any atom is 0.0347 e. The van der Waals surface area contributed by atoms with E-state index in [2.05, 4.69) is 23.7 Å². The van der Waals surface area contributed by atoms with Crippen LogP contribution in [0, 0.1) is 0 Å². The van der Waals surface area contributed by atoms with Gasteiger partial charge in [0.2, 0.25) is 0 Å². The van der Waals surface area contributed by atoms with Crippen molar-refractivity contribution in [3.63, 3.8) is 0 Å². The summed E-state index contributed by atoms with van der Waals surface area (Å²) >= 11 is 0. The van der Waals surface area contributed by atoms with Crippen LogP contribution in [0.25, 0.3) is 0 Å². The molecule has 0 saturated carbocycles. The van der Waals surface area contributed by atoms with Crippen LogP contribution >= 0.6 is 0 Å². The summed E-state index contributed by atoms with van der Waals surface area (Å²) in [6.45, 7) is 8.43. The van der Waals surface area contributed by atoms with Gasteiger partial charge in [-0.05, 0) is 26.8 Å². The van der Waals surface area contributed by atoms with Gasteiger partial charge in [0.25, 0.3) is 0 Å². The molecule has 1 unspecified atom stereocenters. The third kappa shape index (κ3) is 1.96. The van der Waals surface area contributed by atoms with Gasteiger partial charge in [-0.3, -0.25) is 0 Å². The molecule has 1 N–H and O–H groups in total. The molecular weight excluding hydrogens is 136 g/mol. The highest BCUT2D eigenvalue weighted by Gasteiger charge is 2.20. The number of likely N-dealkylation sites (tertiary alicyclic amines) is 1. The first-order valence-electron chi connectivity index (χ1n) is 4.34. The normalized spacial score (nSPS) is 24.2. The molecule has 2 nitrogen and oxygen atoms in total. The molecule has 0 aliphatic carbocycles. The van der Waals surface area contributed by atoms with Crippen LogP contribution in [0.4, 0.5) is 0 Å². The van der Waals surface area contributed by atoms with Gasteiger partial charge in [-0.15, -0.1) is 0 Å². The number of rotatable bonds is 3. The van der Waals surface area contributed by atoms with Crippen molar-refractivity contribution in [2.24, 2.45) is 0 Å². The van der Waals surface area contributed by atoms with Crippen molar-refractivity contribution >= 4 is 0 Å². The van der Waals surface area contributed by atoms with Gasteiger partial charge < -0.3 is 10.2 Å². The Kier molecular flexibility index (Phi) is 2.94. The van der Waals surface area contributed by atoms with Crippen molar-refractivity contribution in [1.82, 2.24) is 10.2 Å². The standard InChI is InChI=1S/C9H18N2/c1-8-5-4-6-11(8)9(2)7-10-3/h8,10H,2,4-7H2,1,3H3. The fourth-order valence-corrected chi connectivity index (χ4v) is 1.71. The minimum Gasteiger partial charge on any atom is -0.372 e. The first-order chi connectivity index (χ1) is 5.25. The monoisotopic (exact) mass is 154 g/mol. The molecule has 1 aliphatic heterocycles. The largest absolute Gasteiger partial charge is 0.372 e. The smallest absolute Gasteiger partial charge is 0.0347 e. The fraction of sp³-hybridized carbons (Fsp3) is 0.778. The van der Waals surface area contributed by atoms with E-state index in [-0.39, 0.29) is 0 Å². The van der Waals surface area contributed by atoms with E-state index in [9.17, 15) is 0 Å². The molecule has 0 spiro atoms. The summed E-state index contributed by atoms with van der Waals surface area (Å²) in [6, 6.07) is 0.704. The molecule has 0 aromatic heterocycles. The van der Waals surface area contributed by atoms with Crippen molar-refractivity contribution < 1.29 is 0 Å². The highest BCUT2D eigenvalue weighted by atomic mass is 15.2. The molecule has 1 saturated heterocycles. The van der Waals surface area contributed by atoms with E-state index in [0.29, 0.717) is 6.04 Å². The van der Waals surface area contributed by atoms with E-state index < -0.39 is 0 Å². The lowest BCUT2D eigenvalue weighted by Crippen LogP contribution is -2.30. The molecule has 1 atom stereocenters. The maximum absolute atomic E-state index is 4.04. The zero-order valence-corrected chi connectivity index (χ0v) is 7.56. The van der Waals surface area contributed by atoms with E-state index in [1.807, 2.05) is 7.05 Å². The second-order valence-electron chi connectivity index (χ2n) is 3.28. The summed E-state index contributed by atoms with van der Waals surface area (Å²) in [5.74, 6) is 0. The topological polar surface area (TPSA) is 15.3 Å². The minimum atomic E-state index is 0.704. The highest BCUT2D eigenvalue weighted by Crippen LogP contribution is 2.19. The molecule has 1 heterocycles. The number of nitrogens with zero attached hydrogens (tertiary/aromatic N) is 1. The molecule has 0 radical (unpaired) electrons. The third-order valence-corrected chi connectivity index (χ3v) is 2.34. The average Bonchev–Trinajstić information content (AvgIpc) is 2.36. The summed E-state index contributed by atoms with van der Waals surface area (Å²) in [5, 5.41) is 3.12. The van der Waals surface area contributed by atoms with Crippen molar-refractivity contribution in [2.75, 3.05) is 20.1 Å². The van der Waals surface area contributed by atoms with Gasteiger partial charge in [0.1, 0.15) is 0 Å². The zero-order valence-electron chi connectivity index (χ0n) is 7.56.